The van der Waals surface area contributed by atoms with Crippen LogP contribution in [-0.2, 0) is 27.4 Å². The molecule has 1 aliphatic heterocycles. The van der Waals surface area contributed by atoms with Crippen molar-refractivity contribution in [3.05, 3.63) is 46.8 Å². The predicted molar refractivity (Wildman–Crippen MR) is 107 cm³/mol. The van der Waals surface area contributed by atoms with Gasteiger partial charge in [-0.2, -0.15) is 5.10 Å². The Bertz CT molecular complexity index is 1070. The Morgan fingerprint density at radius 3 is 2.69 bits per heavy atom. The zero-order valence-corrected chi connectivity index (χ0v) is 17.0. The summed E-state index contributed by atoms with van der Waals surface area (Å²) < 4.78 is 30.4. The van der Waals surface area contributed by atoms with E-state index in [1.54, 1.807) is 28.9 Å². The Kier molecular flexibility index (Phi) is 5.16. The Balaban J connectivity index is 1.67. The maximum atomic E-state index is 13.0. The first kappa shape index (κ1) is 19.6. The Morgan fingerprint density at radius 2 is 1.97 bits per heavy atom. The van der Waals surface area contributed by atoms with Gasteiger partial charge in [0.05, 0.1) is 35.9 Å². The summed E-state index contributed by atoms with van der Waals surface area (Å²) in [5.74, 6) is -0.725. The van der Waals surface area contributed by atoms with Crippen molar-refractivity contribution < 1.29 is 22.7 Å². The summed E-state index contributed by atoms with van der Waals surface area (Å²) >= 11 is 0. The van der Waals surface area contributed by atoms with Gasteiger partial charge in [0.1, 0.15) is 0 Å². The Hall–Kier alpha value is -2.68. The number of fused-ring (bicyclic) bond motifs is 1. The summed E-state index contributed by atoms with van der Waals surface area (Å²) in [6.45, 7) is 0. The highest BCUT2D eigenvalue weighted by Gasteiger charge is 2.34. The molecule has 1 N–H and O–H groups in total. The van der Waals surface area contributed by atoms with Crippen molar-refractivity contribution in [2.45, 2.75) is 38.1 Å². The molecule has 4 rings (SSSR count). The number of methoxy groups -OCH3 is 1. The van der Waals surface area contributed by atoms with Gasteiger partial charge in [-0.25, -0.2) is 13.2 Å². The van der Waals surface area contributed by atoms with Crippen molar-refractivity contribution in [1.82, 2.24) is 9.78 Å². The molecule has 0 saturated carbocycles. The zero-order valence-electron chi connectivity index (χ0n) is 16.2. The van der Waals surface area contributed by atoms with E-state index in [0.29, 0.717) is 17.8 Å². The number of hydrogen-bond acceptors (Lipinski definition) is 6. The number of nitrogens with one attached hydrogen (secondary N) is 1. The summed E-state index contributed by atoms with van der Waals surface area (Å²) in [6.07, 6.45) is 3.98. The van der Waals surface area contributed by atoms with Crippen LogP contribution in [0.25, 0.3) is 0 Å². The van der Waals surface area contributed by atoms with Crippen LogP contribution in [0.3, 0.4) is 0 Å². The maximum absolute atomic E-state index is 13.0. The summed E-state index contributed by atoms with van der Waals surface area (Å²) in [5, 5.41) is 7.33. The minimum Gasteiger partial charge on any atom is -0.465 e. The number of ether oxygens (including phenoxy) is 1. The number of esters is 1. The normalized spacial score (nSPS) is 20.1. The van der Waals surface area contributed by atoms with Crippen LogP contribution in [0.2, 0.25) is 0 Å². The van der Waals surface area contributed by atoms with Crippen molar-refractivity contribution in [3.63, 3.8) is 0 Å². The second-order valence-electron chi connectivity index (χ2n) is 7.47. The number of nitrogens with zero attached hydrogens (tertiary/aromatic N) is 2. The minimum atomic E-state index is -3.06. The molecule has 2 heterocycles. The van der Waals surface area contributed by atoms with Crippen LogP contribution >= 0.6 is 0 Å². The van der Waals surface area contributed by atoms with Gasteiger partial charge in [0, 0.05) is 11.3 Å². The first-order valence-electron chi connectivity index (χ1n) is 9.69. The van der Waals surface area contributed by atoms with E-state index in [1.165, 1.54) is 7.11 Å². The van der Waals surface area contributed by atoms with Gasteiger partial charge in [0.2, 0.25) is 0 Å². The molecule has 2 aliphatic rings. The van der Waals surface area contributed by atoms with Crippen molar-refractivity contribution in [1.29, 1.82) is 0 Å². The topological polar surface area (TPSA) is 107 Å². The van der Waals surface area contributed by atoms with Gasteiger partial charge in [0.25, 0.3) is 5.91 Å². The molecule has 0 radical (unpaired) electrons. The maximum Gasteiger partial charge on any atom is 0.339 e. The lowest BCUT2D eigenvalue weighted by Gasteiger charge is -2.17. The number of aromatic nitrogens is 2. The standard InChI is InChI=1S/C20H23N3O5S/c1-28-20(25)14-6-2-4-8-16(14)21-19(24)18-15-7-3-5-9-17(15)23(22-18)13-10-11-29(26,27)12-13/h2,4,6,8,13H,3,5,7,9-12H2,1H3,(H,21,24)/t13-/m1/s1. The lowest BCUT2D eigenvalue weighted by Crippen LogP contribution is -2.18. The minimum absolute atomic E-state index is 0.0629. The average molecular weight is 417 g/mol. The van der Waals surface area contributed by atoms with Gasteiger partial charge in [-0.1, -0.05) is 12.1 Å². The molecular weight excluding hydrogens is 394 g/mol. The fraction of sp³-hybridized carbons (Fsp3) is 0.450. The van der Waals surface area contributed by atoms with Crippen molar-refractivity contribution >= 4 is 27.4 Å². The molecule has 0 spiro atoms. The molecule has 9 heteroatoms. The molecule has 1 saturated heterocycles. The van der Waals surface area contributed by atoms with E-state index >= 15 is 0 Å². The Morgan fingerprint density at radius 1 is 1.21 bits per heavy atom. The number of sulfone groups is 1. The molecule has 1 atom stereocenters. The highest BCUT2D eigenvalue weighted by Crippen LogP contribution is 2.31. The average Bonchev–Trinajstić information content (AvgIpc) is 3.28. The molecule has 1 fully saturated rings. The fourth-order valence-electron chi connectivity index (χ4n) is 4.14. The molecule has 1 aliphatic carbocycles. The van der Waals surface area contributed by atoms with Crippen LogP contribution in [0, 0.1) is 0 Å². The van der Waals surface area contributed by atoms with E-state index in [-0.39, 0.29) is 23.1 Å². The fourth-order valence-corrected chi connectivity index (χ4v) is 5.83. The van der Waals surface area contributed by atoms with Crippen LogP contribution in [-0.4, -0.2) is 48.7 Å². The molecule has 1 aromatic heterocycles. The second kappa shape index (κ2) is 7.62. The lowest BCUT2D eigenvalue weighted by molar-refractivity contribution is 0.0602. The zero-order chi connectivity index (χ0) is 20.6. The van der Waals surface area contributed by atoms with Gasteiger partial charge in [-0.05, 0) is 44.2 Å². The molecule has 154 valence electrons. The number of para-hydroxylation sites is 1. The molecule has 8 nitrogen and oxygen atoms in total. The van der Waals surface area contributed by atoms with E-state index in [4.69, 9.17) is 4.74 Å². The van der Waals surface area contributed by atoms with Crippen LogP contribution in [0.15, 0.2) is 24.3 Å². The van der Waals surface area contributed by atoms with Gasteiger partial charge in [-0.3, -0.25) is 9.48 Å². The summed E-state index contributed by atoms with van der Waals surface area (Å²) in [6, 6.07) is 6.41. The first-order chi connectivity index (χ1) is 13.9. The van der Waals surface area contributed by atoms with E-state index in [9.17, 15) is 18.0 Å². The third-order valence-corrected chi connectivity index (χ3v) is 7.31. The smallest absolute Gasteiger partial charge is 0.339 e. The highest BCUT2D eigenvalue weighted by atomic mass is 32.2. The van der Waals surface area contributed by atoms with E-state index in [0.717, 1.165) is 36.9 Å². The predicted octanol–water partition coefficient (Wildman–Crippen LogP) is 2.16. The number of carbonyl (C=O) groups excluding carboxylic acids is 2. The number of rotatable bonds is 4. The third-order valence-electron chi connectivity index (χ3n) is 5.56. The number of hydrogen-bond donors (Lipinski definition) is 1. The van der Waals surface area contributed by atoms with Crippen LogP contribution in [0.5, 0.6) is 0 Å². The monoisotopic (exact) mass is 417 g/mol. The number of benzene rings is 1. The molecule has 1 aromatic carbocycles. The van der Waals surface area contributed by atoms with Gasteiger partial charge < -0.3 is 10.1 Å². The van der Waals surface area contributed by atoms with Crippen LogP contribution in [0.4, 0.5) is 5.69 Å². The summed E-state index contributed by atoms with van der Waals surface area (Å²) in [4.78, 5) is 25.0. The van der Waals surface area contributed by atoms with Gasteiger partial charge in [-0.15, -0.1) is 0 Å². The van der Waals surface area contributed by atoms with Crippen molar-refractivity contribution in [3.8, 4) is 0 Å². The molecule has 29 heavy (non-hydrogen) atoms. The molecule has 0 unspecified atom stereocenters. The van der Waals surface area contributed by atoms with E-state index in [1.807, 2.05) is 0 Å². The largest absolute Gasteiger partial charge is 0.465 e. The van der Waals surface area contributed by atoms with Crippen LogP contribution < -0.4 is 5.32 Å². The number of amides is 1. The summed E-state index contributed by atoms with van der Waals surface area (Å²) in [7, 11) is -1.77. The second-order valence-corrected chi connectivity index (χ2v) is 9.70. The van der Waals surface area contributed by atoms with E-state index in [2.05, 4.69) is 10.4 Å². The number of anilines is 1. The molecule has 0 bridgehead atoms. The van der Waals surface area contributed by atoms with Crippen molar-refractivity contribution in [2.75, 3.05) is 23.9 Å². The Labute approximate surface area is 169 Å². The first-order valence-corrected chi connectivity index (χ1v) is 11.5. The quantitative estimate of drug-likeness (QED) is 0.764. The van der Waals surface area contributed by atoms with Gasteiger partial charge in [0.15, 0.2) is 15.5 Å². The highest BCUT2D eigenvalue weighted by molar-refractivity contribution is 7.91. The molecular formula is C20H23N3O5S. The summed E-state index contributed by atoms with van der Waals surface area (Å²) in [5.41, 5.74) is 2.77. The number of carbonyl (C=O) groups is 2. The molecule has 1 amide bonds. The molecule has 2 aromatic rings. The van der Waals surface area contributed by atoms with Gasteiger partial charge >= 0.3 is 5.97 Å². The lowest BCUT2D eigenvalue weighted by atomic mass is 9.95. The van der Waals surface area contributed by atoms with Crippen molar-refractivity contribution in [2.24, 2.45) is 0 Å². The van der Waals surface area contributed by atoms with Crippen LogP contribution in [0.1, 0.15) is 57.4 Å². The van der Waals surface area contributed by atoms with E-state index < -0.39 is 21.7 Å². The third kappa shape index (κ3) is 3.78. The SMILES string of the molecule is COC(=O)c1ccccc1NC(=O)c1nn([C@@H]2CCS(=O)(=O)C2)c2c1CCCC2.